The van der Waals surface area contributed by atoms with Crippen molar-refractivity contribution in [3.05, 3.63) is 303 Å². The third-order valence-electron chi connectivity index (χ3n) is 16.8. The van der Waals surface area contributed by atoms with E-state index < -0.39 is 0 Å². The summed E-state index contributed by atoms with van der Waals surface area (Å²) in [6.45, 7) is 0. The van der Waals surface area contributed by atoms with Crippen LogP contribution in [-0.2, 0) is 0 Å². The van der Waals surface area contributed by atoms with Gasteiger partial charge in [-0.25, -0.2) is 0 Å². The summed E-state index contributed by atoms with van der Waals surface area (Å²) in [4.78, 5) is 0. The molecule has 0 fully saturated rings. The first-order valence-corrected chi connectivity index (χ1v) is 27.9. The SMILES string of the molecule is c1cc(Oc2cccc(-c3ccc4c(-c5ccc6ccccc6c5)c5ccccc5c(-c5ccc6ccccc6c5)c4c3)c2)cc(-c2ccc3c(-c4ccc5ccccc5c4)c4ccccc4c(-c4ccc5ccccc5c4)c3c2)c1. The van der Waals surface area contributed by atoms with Crippen molar-refractivity contribution in [2.45, 2.75) is 0 Å². The molecule has 0 N–H and O–H groups in total. The van der Waals surface area contributed by atoms with Crippen LogP contribution in [0.1, 0.15) is 0 Å². The molecule has 1 nitrogen and oxygen atoms in total. The fraction of sp³-hybridized carbons (Fsp3) is 0. The highest BCUT2D eigenvalue weighted by molar-refractivity contribution is 6.24. The van der Waals surface area contributed by atoms with E-state index in [9.17, 15) is 0 Å². The topological polar surface area (TPSA) is 9.23 Å². The van der Waals surface area contributed by atoms with Gasteiger partial charge in [0.15, 0.2) is 0 Å². The van der Waals surface area contributed by atoms with Crippen LogP contribution in [0.15, 0.2) is 303 Å². The van der Waals surface area contributed by atoms with Gasteiger partial charge < -0.3 is 4.74 Å². The second-order valence-corrected chi connectivity index (χ2v) is 21.5. The molecule has 16 aromatic rings. The van der Waals surface area contributed by atoms with Gasteiger partial charge in [-0.05, 0) is 214 Å². The first-order chi connectivity index (χ1) is 40.1. The van der Waals surface area contributed by atoms with Gasteiger partial charge in [-0.2, -0.15) is 0 Å². The summed E-state index contributed by atoms with van der Waals surface area (Å²) in [6, 6.07) is 111. The lowest BCUT2D eigenvalue weighted by atomic mass is 9.84. The second kappa shape index (κ2) is 19.1. The van der Waals surface area contributed by atoms with Gasteiger partial charge in [0.2, 0.25) is 0 Å². The minimum absolute atomic E-state index is 0.776. The molecule has 16 rings (SSSR count). The minimum atomic E-state index is 0.776. The van der Waals surface area contributed by atoms with Gasteiger partial charge in [-0.1, -0.05) is 243 Å². The van der Waals surface area contributed by atoms with Gasteiger partial charge in [-0.15, -0.1) is 0 Å². The summed E-state index contributed by atoms with van der Waals surface area (Å²) in [5, 5.41) is 19.6. The molecule has 1 heteroatoms. The third kappa shape index (κ3) is 8.09. The largest absolute Gasteiger partial charge is 0.457 e. The van der Waals surface area contributed by atoms with E-state index in [0.717, 1.165) is 33.8 Å². The van der Waals surface area contributed by atoms with Crippen LogP contribution in [0.4, 0.5) is 0 Å². The Balaban J connectivity index is 0.812. The molecule has 0 atom stereocenters. The predicted octanol–water partition coefficient (Wildman–Crippen LogP) is 22.7. The maximum absolute atomic E-state index is 6.89. The van der Waals surface area contributed by atoms with Crippen LogP contribution in [0, 0.1) is 0 Å². The summed E-state index contributed by atoms with van der Waals surface area (Å²) in [5.41, 5.74) is 14.2. The van der Waals surface area contributed by atoms with Gasteiger partial charge >= 0.3 is 0 Å². The highest BCUT2D eigenvalue weighted by Gasteiger charge is 2.21. The Hall–Kier alpha value is -10.6. The molecule has 0 spiro atoms. The van der Waals surface area contributed by atoms with Crippen LogP contribution in [-0.4, -0.2) is 0 Å². The van der Waals surface area contributed by atoms with Gasteiger partial charge in [-0.3, -0.25) is 0 Å². The average molecular weight is 1030 g/mol. The fourth-order valence-electron chi connectivity index (χ4n) is 13.0. The van der Waals surface area contributed by atoms with E-state index >= 15 is 0 Å². The van der Waals surface area contributed by atoms with Crippen LogP contribution in [0.3, 0.4) is 0 Å². The van der Waals surface area contributed by atoms with Gasteiger partial charge in [0.05, 0.1) is 0 Å². The summed E-state index contributed by atoms with van der Waals surface area (Å²) in [7, 11) is 0. The van der Waals surface area contributed by atoms with Crippen molar-refractivity contribution < 1.29 is 4.74 Å². The Kier molecular flexibility index (Phi) is 11.0. The number of ether oxygens (including phenoxy) is 1. The monoisotopic (exact) mass is 1030 g/mol. The van der Waals surface area contributed by atoms with Gasteiger partial charge in [0.25, 0.3) is 0 Å². The summed E-state index contributed by atoms with van der Waals surface area (Å²) in [5.74, 6) is 1.55. The lowest BCUT2D eigenvalue weighted by Crippen LogP contribution is -1.92. The Morgan fingerprint density at radius 2 is 0.407 bits per heavy atom. The van der Waals surface area contributed by atoms with Gasteiger partial charge in [0.1, 0.15) is 11.5 Å². The summed E-state index contributed by atoms with van der Waals surface area (Å²) < 4.78 is 6.89. The molecule has 0 heterocycles. The first-order valence-electron chi connectivity index (χ1n) is 27.9. The Morgan fingerprint density at radius 3 is 0.741 bits per heavy atom. The standard InChI is InChI=1S/C80H50O/c1-5-19-55-43-63(35-31-51(55)15-1)77-69-27-9-11-29-71(69)79(65-37-33-53-17-3-7-21-57(53)45-65)75-49-61(39-41-73(75)77)59-23-13-25-67(47-59)81-68-26-14-24-60(48-68)62-40-42-74-76(50-62)80(66-38-34-54-18-4-8-22-58(54)46-66)72-30-12-10-28-70(72)78(74)64-36-32-52-16-2-6-20-56(52)44-64/h1-50H. The van der Waals surface area contributed by atoms with E-state index in [-0.39, 0.29) is 0 Å². The Labute approximate surface area is 469 Å². The zero-order valence-corrected chi connectivity index (χ0v) is 44.3. The van der Waals surface area contributed by atoms with Crippen LogP contribution in [0.2, 0.25) is 0 Å². The molecule has 16 aromatic carbocycles. The van der Waals surface area contributed by atoms with Crippen molar-refractivity contribution in [3.63, 3.8) is 0 Å². The van der Waals surface area contributed by atoms with Crippen molar-refractivity contribution >= 4 is 86.2 Å². The second-order valence-electron chi connectivity index (χ2n) is 21.5. The molecule has 0 aliphatic carbocycles. The van der Waals surface area contributed by atoms with E-state index in [1.807, 2.05) is 0 Å². The third-order valence-corrected chi connectivity index (χ3v) is 16.8. The number of hydrogen-bond donors (Lipinski definition) is 0. The molecule has 0 aromatic heterocycles. The molecule has 0 aliphatic rings. The number of benzene rings is 16. The van der Waals surface area contributed by atoms with E-state index in [2.05, 4.69) is 303 Å². The minimum Gasteiger partial charge on any atom is -0.457 e. The molecule has 0 saturated carbocycles. The van der Waals surface area contributed by atoms with Crippen molar-refractivity contribution in [2.75, 3.05) is 0 Å². The Morgan fingerprint density at radius 1 is 0.148 bits per heavy atom. The predicted molar refractivity (Wildman–Crippen MR) is 346 cm³/mol. The van der Waals surface area contributed by atoms with Gasteiger partial charge in [0, 0.05) is 0 Å². The highest BCUT2D eigenvalue weighted by atomic mass is 16.5. The quantitative estimate of drug-likeness (QED) is 0.138. The molecule has 0 bridgehead atoms. The number of hydrogen-bond acceptors (Lipinski definition) is 1. The molecular formula is C80H50O. The molecule has 0 unspecified atom stereocenters. The van der Waals surface area contributed by atoms with Crippen molar-refractivity contribution in [1.82, 2.24) is 0 Å². The zero-order chi connectivity index (χ0) is 53.4. The molecule has 0 saturated heterocycles. The lowest BCUT2D eigenvalue weighted by molar-refractivity contribution is 0.483. The number of fused-ring (bicyclic) bond motifs is 8. The van der Waals surface area contributed by atoms with Crippen molar-refractivity contribution in [2.24, 2.45) is 0 Å². The highest BCUT2D eigenvalue weighted by Crippen LogP contribution is 2.48. The van der Waals surface area contributed by atoms with E-state index in [4.69, 9.17) is 4.74 Å². The van der Waals surface area contributed by atoms with Crippen LogP contribution in [0.5, 0.6) is 11.5 Å². The first kappa shape index (κ1) is 46.5. The molecular weight excluding hydrogens is 977 g/mol. The maximum atomic E-state index is 6.89. The average Bonchev–Trinajstić information content (AvgIpc) is 3.72. The number of rotatable bonds is 8. The zero-order valence-electron chi connectivity index (χ0n) is 44.3. The molecule has 376 valence electrons. The van der Waals surface area contributed by atoms with Crippen LogP contribution in [0.25, 0.3) is 153 Å². The molecule has 81 heavy (non-hydrogen) atoms. The fourth-order valence-corrected chi connectivity index (χ4v) is 13.0. The molecule has 0 amide bonds. The Bertz CT molecular complexity index is 4890. The smallest absolute Gasteiger partial charge is 0.128 e. The molecule has 0 radical (unpaired) electrons. The van der Waals surface area contributed by atoms with E-state index in [0.29, 0.717) is 0 Å². The van der Waals surface area contributed by atoms with E-state index in [1.54, 1.807) is 0 Å². The molecule has 0 aliphatic heterocycles. The van der Waals surface area contributed by atoms with E-state index in [1.165, 1.54) is 131 Å². The normalized spacial score (nSPS) is 11.7. The van der Waals surface area contributed by atoms with Crippen molar-refractivity contribution in [3.8, 4) is 78.3 Å². The van der Waals surface area contributed by atoms with Crippen LogP contribution >= 0.6 is 0 Å². The summed E-state index contributed by atoms with van der Waals surface area (Å²) >= 11 is 0. The van der Waals surface area contributed by atoms with Crippen molar-refractivity contribution in [1.29, 1.82) is 0 Å². The maximum Gasteiger partial charge on any atom is 0.128 e. The summed E-state index contributed by atoms with van der Waals surface area (Å²) in [6.07, 6.45) is 0. The lowest BCUT2D eigenvalue weighted by Gasteiger charge is -2.19. The van der Waals surface area contributed by atoms with Crippen LogP contribution < -0.4 is 4.74 Å².